The van der Waals surface area contributed by atoms with E-state index in [0.717, 1.165) is 31.2 Å². The molecule has 9 heteroatoms. The van der Waals surface area contributed by atoms with E-state index in [1.54, 1.807) is 48.5 Å². The van der Waals surface area contributed by atoms with E-state index >= 15 is 0 Å². The fourth-order valence-electron chi connectivity index (χ4n) is 3.59. The van der Waals surface area contributed by atoms with Gasteiger partial charge in [-0.25, -0.2) is 13.2 Å². The SMILES string of the molecule is Cc1ccc(S(=O)(=O)Nc2ccc(NC(=O)NCC(=O)NC3CCCCCC3)cc2)cc1. The Bertz CT molecular complexity index is 1010. The molecule has 1 aliphatic rings. The first-order valence-electron chi connectivity index (χ1n) is 10.9. The van der Waals surface area contributed by atoms with E-state index in [9.17, 15) is 18.0 Å². The zero-order valence-electron chi connectivity index (χ0n) is 18.2. The van der Waals surface area contributed by atoms with Gasteiger partial charge in [-0.15, -0.1) is 0 Å². The minimum absolute atomic E-state index is 0.100. The zero-order valence-corrected chi connectivity index (χ0v) is 19.0. The fourth-order valence-corrected chi connectivity index (χ4v) is 4.65. The number of hydrogen-bond donors (Lipinski definition) is 4. The number of benzene rings is 2. The van der Waals surface area contributed by atoms with Crippen molar-refractivity contribution in [3.8, 4) is 0 Å². The average molecular weight is 459 g/mol. The van der Waals surface area contributed by atoms with Gasteiger partial charge in [0.2, 0.25) is 5.91 Å². The third-order valence-corrected chi connectivity index (χ3v) is 6.75. The standard InChI is InChI=1S/C23H30N4O4S/c1-17-8-14-21(15-9-17)32(30,31)27-20-12-10-19(11-13-20)26-23(29)24-16-22(28)25-18-6-4-2-3-5-7-18/h8-15,18,27H,2-7,16H2,1H3,(H,25,28)(H2,24,26,29). The maximum absolute atomic E-state index is 12.5. The van der Waals surface area contributed by atoms with Crippen molar-refractivity contribution in [3.05, 3.63) is 54.1 Å². The van der Waals surface area contributed by atoms with E-state index in [0.29, 0.717) is 11.4 Å². The van der Waals surface area contributed by atoms with Gasteiger partial charge < -0.3 is 16.0 Å². The molecule has 0 unspecified atom stereocenters. The number of nitrogens with one attached hydrogen (secondary N) is 4. The summed E-state index contributed by atoms with van der Waals surface area (Å²) in [6.45, 7) is 1.78. The van der Waals surface area contributed by atoms with Crippen LogP contribution in [0.2, 0.25) is 0 Å². The predicted molar refractivity (Wildman–Crippen MR) is 125 cm³/mol. The van der Waals surface area contributed by atoms with Crippen molar-refractivity contribution in [2.45, 2.75) is 56.4 Å². The van der Waals surface area contributed by atoms with Gasteiger partial charge >= 0.3 is 6.03 Å². The molecule has 0 heterocycles. The molecule has 0 atom stereocenters. The number of sulfonamides is 1. The molecule has 2 aromatic carbocycles. The molecule has 3 rings (SSSR count). The summed E-state index contributed by atoms with van der Waals surface area (Å²) in [6, 6.07) is 12.5. The molecule has 172 valence electrons. The summed E-state index contributed by atoms with van der Waals surface area (Å²) >= 11 is 0. The van der Waals surface area contributed by atoms with Crippen molar-refractivity contribution in [1.29, 1.82) is 0 Å². The summed E-state index contributed by atoms with van der Waals surface area (Å²) in [7, 11) is -3.69. The zero-order chi connectivity index (χ0) is 23.0. The average Bonchev–Trinajstić information content (AvgIpc) is 3.02. The summed E-state index contributed by atoms with van der Waals surface area (Å²) in [5, 5.41) is 8.15. The molecule has 32 heavy (non-hydrogen) atoms. The van der Waals surface area contributed by atoms with E-state index in [1.165, 1.54) is 12.8 Å². The van der Waals surface area contributed by atoms with E-state index < -0.39 is 16.1 Å². The number of hydrogen-bond acceptors (Lipinski definition) is 4. The molecule has 0 radical (unpaired) electrons. The molecular weight excluding hydrogens is 428 g/mol. The summed E-state index contributed by atoms with van der Waals surface area (Å²) in [6.07, 6.45) is 6.63. The van der Waals surface area contributed by atoms with Gasteiger partial charge in [0, 0.05) is 17.4 Å². The largest absolute Gasteiger partial charge is 0.352 e. The van der Waals surface area contributed by atoms with Crippen LogP contribution in [0.4, 0.5) is 16.2 Å². The summed E-state index contributed by atoms with van der Waals surface area (Å²) in [5.41, 5.74) is 1.82. The fraction of sp³-hybridized carbons (Fsp3) is 0.391. The van der Waals surface area contributed by atoms with Crippen molar-refractivity contribution in [2.75, 3.05) is 16.6 Å². The highest BCUT2D eigenvalue weighted by atomic mass is 32.2. The monoisotopic (exact) mass is 458 g/mol. The first kappa shape index (κ1) is 23.6. The Labute approximate surface area is 189 Å². The Morgan fingerprint density at radius 2 is 1.47 bits per heavy atom. The Morgan fingerprint density at radius 1 is 0.875 bits per heavy atom. The highest BCUT2D eigenvalue weighted by Crippen LogP contribution is 2.19. The lowest BCUT2D eigenvalue weighted by molar-refractivity contribution is -0.120. The van der Waals surface area contributed by atoms with Gasteiger partial charge in [-0.05, 0) is 56.2 Å². The molecule has 0 bridgehead atoms. The quantitative estimate of drug-likeness (QED) is 0.473. The number of rotatable bonds is 7. The molecule has 4 N–H and O–H groups in total. The molecule has 8 nitrogen and oxygen atoms in total. The second-order valence-electron chi connectivity index (χ2n) is 8.06. The van der Waals surface area contributed by atoms with Crippen LogP contribution < -0.4 is 20.7 Å². The second-order valence-corrected chi connectivity index (χ2v) is 9.74. The smallest absolute Gasteiger partial charge is 0.319 e. The topological polar surface area (TPSA) is 116 Å². The van der Waals surface area contributed by atoms with Crippen molar-refractivity contribution in [2.24, 2.45) is 0 Å². The molecule has 0 spiro atoms. The van der Waals surface area contributed by atoms with Crippen LogP contribution in [0, 0.1) is 6.92 Å². The highest BCUT2D eigenvalue weighted by molar-refractivity contribution is 7.92. The van der Waals surface area contributed by atoms with Crippen LogP contribution in [-0.2, 0) is 14.8 Å². The summed E-state index contributed by atoms with van der Waals surface area (Å²) in [5.74, 6) is -0.201. The number of urea groups is 1. The molecule has 0 aromatic heterocycles. The predicted octanol–water partition coefficient (Wildman–Crippen LogP) is 3.76. The van der Waals surface area contributed by atoms with Gasteiger partial charge in [-0.2, -0.15) is 0 Å². The molecule has 0 saturated heterocycles. The number of amides is 3. The molecule has 1 fully saturated rings. The lowest BCUT2D eigenvalue weighted by atomic mass is 10.1. The Kier molecular flexibility index (Phi) is 8.10. The van der Waals surface area contributed by atoms with E-state index in [2.05, 4.69) is 20.7 Å². The van der Waals surface area contributed by atoms with Crippen LogP contribution in [0.5, 0.6) is 0 Å². The number of carbonyl (C=O) groups excluding carboxylic acids is 2. The second kappa shape index (κ2) is 11.0. The molecule has 3 amide bonds. The number of carbonyl (C=O) groups is 2. The number of aryl methyl sites for hydroxylation is 1. The molecule has 2 aromatic rings. The van der Waals surface area contributed by atoms with Gasteiger partial charge in [0.1, 0.15) is 0 Å². The van der Waals surface area contributed by atoms with Crippen LogP contribution >= 0.6 is 0 Å². The molecular formula is C23H30N4O4S. The summed E-state index contributed by atoms with van der Waals surface area (Å²) in [4.78, 5) is 24.3. The van der Waals surface area contributed by atoms with Crippen LogP contribution in [-0.4, -0.2) is 32.9 Å². The van der Waals surface area contributed by atoms with Crippen LogP contribution in [0.3, 0.4) is 0 Å². The van der Waals surface area contributed by atoms with Crippen LogP contribution in [0.15, 0.2) is 53.4 Å². The molecule has 1 aliphatic carbocycles. The normalized spacial score (nSPS) is 14.8. The van der Waals surface area contributed by atoms with Crippen LogP contribution in [0.1, 0.15) is 44.1 Å². The van der Waals surface area contributed by atoms with E-state index in [4.69, 9.17) is 0 Å². The Balaban J connectivity index is 1.45. The van der Waals surface area contributed by atoms with Crippen molar-refractivity contribution in [3.63, 3.8) is 0 Å². The first-order valence-corrected chi connectivity index (χ1v) is 12.3. The molecule has 1 saturated carbocycles. The third kappa shape index (κ3) is 7.26. The first-order chi connectivity index (χ1) is 15.3. The van der Waals surface area contributed by atoms with Gasteiger partial charge in [0.05, 0.1) is 11.4 Å². The number of anilines is 2. The van der Waals surface area contributed by atoms with Crippen molar-refractivity contribution >= 4 is 33.3 Å². The Hall–Kier alpha value is -3.07. The van der Waals surface area contributed by atoms with E-state index in [-0.39, 0.29) is 23.4 Å². The van der Waals surface area contributed by atoms with Crippen LogP contribution in [0.25, 0.3) is 0 Å². The summed E-state index contributed by atoms with van der Waals surface area (Å²) < 4.78 is 27.4. The highest BCUT2D eigenvalue weighted by Gasteiger charge is 2.16. The lowest BCUT2D eigenvalue weighted by Crippen LogP contribution is -2.42. The minimum Gasteiger partial charge on any atom is -0.352 e. The van der Waals surface area contributed by atoms with Gasteiger partial charge in [-0.3, -0.25) is 9.52 Å². The van der Waals surface area contributed by atoms with Gasteiger partial charge in [0.25, 0.3) is 10.0 Å². The molecule has 0 aliphatic heterocycles. The maximum atomic E-state index is 12.5. The third-order valence-electron chi connectivity index (χ3n) is 5.36. The maximum Gasteiger partial charge on any atom is 0.319 e. The van der Waals surface area contributed by atoms with Gasteiger partial charge in [-0.1, -0.05) is 43.4 Å². The van der Waals surface area contributed by atoms with E-state index in [1.807, 2.05) is 6.92 Å². The van der Waals surface area contributed by atoms with Crippen molar-refractivity contribution in [1.82, 2.24) is 10.6 Å². The van der Waals surface area contributed by atoms with Gasteiger partial charge in [0.15, 0.2) is 0 Å². The minimum atomic E-state index is -3.69. The Morgan fingerprint density at radius 3 is 2.09 bits per heavy atom. The lowest BCUT2D eigenvalue weighted by Gasteiger charge is -2.16. The van der Waals surface area contributed by atoms with Crippen molar-refractivity contribution < 1.29 is 18.0 Å².